The number of rotatable bonds is 1. The van der Waals surface area contributed by atoms with Gasteiger partial charge in [-0.1, -0.05) is 0 Å². The summed E-state index contributed by atoms with van der Waals surface area (Å²) in [5.41, 5.74) is 7.73. The summed E-state index contributed by atoms with van der Waals surface area (Å²) in [7, 11) is 0. The van der Waals surface area contributed by atoms with E-state index in [0.717, 1.165) is 11.5 Å². The lowest BCUT2D eigenvalue weighted by atomic mass is 10.4. The van der Waals surface area contributed by atoms with E-state index in [9.17, 15) is 0 Å². The molecule has 56 valence electrons. The van der Waals surface area contributed by atoms with Gasteiger partial charge < -0.3 is 10.3 Å². The van der Waals surface area contributed by atoms with Crippen molar-refractivity contribution in [2.45, 2.75) is 27.4 Å². The van der Waals surface area contributed by atoms with Crippen LogP contribution in [0.4, 0.5) is 0 Å². The van der Waals surface area contributed by atoms with E-state index in [1.54, 1.807) is 0 Å². The number of hydrogen-bond donors (Lipinski definition) is 1. The highest BCUT2D eigenvalue weighted by Gasteiger charge is 2.03. The largest absolute Gasteiger partial charge is 0.319 e. The van der Waals surface area contributed by atoms with Crippen LogP contribution in [0, 0.1) is 20.8 Å². The molecule has 3 nitrogen and oxygen atoms in total. The molecule has 0 aliphatic rings. The Bertz CT molecular complexity index is 237. The van der Waals surface area contributed by atoms with Crippen LogP contribution in [0.5, 0.6) is 0 Å². The van der Waals surface area contributed by atoms with Gasteiger partial charge in [0.25, 0.3) is 0 Å². The molecule has 2 N–H and O–H groups in total. The first-order chi connectivity index (χ1) is 4.66. The van der Waals surface area contributed by atoms with Crippen LogP contribution in [0.25, 0.3) is 0 Å². The summed E-state index contributed by atoms with van der Waals surface area (Å²) >= 11 is 0. The summed E-state index contributed by atoms with van der Waals surface area (Å²) in [5, 5.41) is 0. The van der Waals surface area contributed by atoms with Crippen LogP contribution in [-0.4, -0.2) is 9.55 Å². The van der Waals surface area contributed by atoms with Crippen molar-refractivity contribution < 1.29 is 0 Å². The highest BCUT2D eigenvalue weighted by molar-refractivity contribution is 5.12. The van der Waals surface area contributed by atoms with Crippen LogP contribution >= 0.6 is 0 Å². The molecule has 3 heteroatoms. The van der Waals surface area contributed by atoms with E-state index in [-0.39, 0.29) is 0 Å². The van der Waals surface area contributed by atoms with E-state index < -0.39 is 0 Å². The average molecular weight is 139 g/mol. The smallest absolute Gasteiger partial charge is 0.107 e. The maximum Gasteiger partial charge on any atom is 0.107 e. The normalized spacial score (nSPS) is 10.4. The third kappa shape index (κ3) is 0.926. The van der Waals surface area contributed by atoms with E-state index in [2.05, 4.69) is 4.98 Å². The molecule has 0 spiro atoms. The zero-order chi connectivity index (χ0) is 7.72. The second-order valence-electron chi connectivity index (χ2n) is 2.44. The van der Waals surface area contributed by atoms with Gasteiger partial charge in [-0.25, -0.2) is 4.98 Å². The fourth-order valence-electron chi connectivity index (χ4n) is 1.09. The molecule has 0 fully saturated rings. The van der Waals surface area contributed by atoms with E-state index in [1.165, 1.54) is 5.69 Å². The molecular weight excluding hydrogens is 126 g/mol. The minimum atomic E-state index is 0.526. The van der Waals surface area contributed by atoms with Crippen LogP contribution in [0.15, 0.2) is 0 Å². The second kappa shape index (κ2) is 2.42. The number of nitrogens with two attached hydrogens (primary N) is 1. The van der Waals surface area contributed by atoms with Crippen molar-refractivity contribution in [2.24, 2.45) is 5.73 Å². The van der Waals surface area contributed by atoms with Crippen LogP contribution in [0.3, 0.4) is 0 Å². The molecule has 0 saturated carbocycles. The summed E-state index contributed by atoms with van der Waals surface area (Å²) in [6.07, 6.45) is 0. The highest BCUT2D eigenvalue weighted by Crippen LogP contribution is 2.06. The third-order valence-electron chi connectivity index (χ3n) is 1.83. The average Bonchev–Trinajstić information content (AvgIpc) is 2.09. The summed E-state index contributed by atoms with van der Waals surface area (Å²) in [4.78, 5) is 4.26. The Morgan fingerprint density at radius 2 is 2.00 bits per heavy atom. The van der Waals surface area contributed by atoms with Crippen molar-refractivity contribution in [1.29, 1.82) is 0 Å². The van der Waals surface area contributed by atoms with Crippen molar-refractivity contribution in [3.05, 3.63) is 17.2 Å². The first kappa shape index (κ1) is 7.28. The molecule has 0 saturated heterocycles. The zero-order valence-electron chi connectivity index (χ0n) is 6.68. The van der Waals surface area contributed by atoms with Crippen LogP contribution in [0.2, 0.25) is 0 Å². The maximum absolute atomic E-state index is 5.49. The Morgan fingerprint density at radius 3 is 2.20 bits per heavy atom. The van der Waals surface area contributed by atoms with E-state index in [4.69, 9.17) is 5.73 Å². The minimum absolute atomic E-state index is 0.526. The zero-order valence-corrected chi connectivity index (χ0v) is 6.68. The first-order valence-electron chi connectivity index (χ1n) is 3.37. The molecule has 1 heterocycles. The molecule has 0 aliphatic heterocycles. The quantitative estimate of drug-likeness (QED) is 0.623. The summed E-state index contributed by atoms with van der Waals surface area (Å²) in [6, 6.07) is 0. The molecule has 0 aromatic carbocycles. The van der Waals surface area contributed by atoms with Crippen molar-refractivity contribution >= 4 is 0 Å². The molecule has 0 unspecified atom stereocenters. The fourth-order valence-corrected chi connectivity index (χ4v) is 1.09. The predicted molar refractivity (Wildman–Crippen MR) is 40.6 cm³/mol. The number of hydrogen-bond acceptors (Lipinski definition) is 2. The van der Waals surface area contributed by atoms with Gasteiger partial charge in [0.15, 0.2) is 0 Å². The van der Waals surface area contributed by atoms with Crippen LogP contribution in [0.1, 0.15) is 17.2 Å². The fraction of sp³-hybridized carbons (Fsp3) is 0.571. The van der Waals surface area contributed by atoms with Gasteiger partial charge in [-0.15, -0.1) is 0 Å². The Labute approximate surface area is 60.9 Å². The summed E-state index contributed by atoms with van der Waals surface area (Å²) in [6.45, 7) is 6.52. The van der Waals surface area contributed by atoms with Crippen molar-refractivity contribution in [3.63, 3.8) is 0 Å². The Balaban J connectivity index is 3.20. The SMILES string of the molecule is Cc1nc(C)n(CN)c1C. The van der Waals surface area contributed by atoms with E-state index in [0.29, 0.717) is 6.67 Å². The topological polar surface area (TPSA) is 43.8 Å². The lowest BCUT2D eigenvalue weighted by Crippen LogP contribution is -2.10. The van der Waals surface area contributed by atoms with Gasteiger partial charge in [0.05, 0.1) is 12.4 Å². The summed E-state index contributed by atoms with van der Waals surface area (Å²) < 4.78 is 2.00. The van der Waals surface area contributed by atoms with Gasteiger partial charge in [0.2, 0.25) is 0 Å². The van der Waals surface area contributed by atoms with Gasteiger partial charge in [0.1, 0.15) is 5.82 Å². The van der Waals surface area contributed by atoms with Gasteiger partial charge in [-0.2, -0.15) is 0 Å². The summed E-state index contributed by atoms with van der Waals surface area (Å²) in [5.74, 6) is 0.998. The molecule has 0 bridgehead atoms. The van der Waals surface area contributed by atoms with Crippen LogP contribution < -0.4 is 5.73 Å². The molecule has 0 aliphatic carbocycles. The Morgan fingerprint density at radius 1 is 1.40 bits per heavy atom. The number of aryl methyl sites for hydroxylation is 2. The second-order valence-corrected chi connectivity index (χ2v) is 2.44. The first-order valence-corrected chi connectivity index (χ1v) is 3.37. The van der Waals surface area contributed by atoms with Gasteiger partial charge in [-0.3, -0.25) is 0 Å². The Hall–Kier alpha value is -0.830. The van der Waals surface area contributed by atoms with Crippen LogP contribution in [-0.2, 0) is 6.67 Å². The molecule has 10 heavy (non-hydrogen) atoms. The molecular formula is C7H13N3. The lowest BCUT2D eigenvalue weighted by molar-refractivity contribution is 0.684. The highest BCUT2D eigenvalue weighted by atomic mass is 15.1. The van der Waals surface area contributed by atoms with E-state index in [1.807, 2.05) is 25.3 Å². The minimum Gasteiger partial charge on any atom is -0.319 e. The van der Waals surface area contributed by atoms with Gasteiger partial charge in [0, 0.05) is 5.69 Å². The standard InChI is InChI=1S/C7H13N3/c1-5-6(2)10(4-8)7(3)9-5/h4,8H2,1-3H3. The third-order valence-corrected chi connectivity index (χ3v) is 1.83. The van der Waals surface area contributed by atoms with Crippen molar-refractivity contribution in [1.82, 2.24) is 9.55 Å². The monoisotopic (exact) mass is 139 g/mol. The number of imidazole rings is 1. The van der Waals surface area contributed by atoms with E-state index >= 15 is 0 Å². The molecule has 0 radical (unpaired) electrons. The number of nitrogens with zero attached hydrogens (tertiary/aromatic N) is 2. The molecule has 1 rings (SSSR count). The predicted octanol–water partition coefficient (Wildman–Crippen LogP) is 0.725. The van der Waals surface area contributed by atoms with Crippen molar-refractivity contribution in [2.75, 3.05) is 0 Å². The number of aromatic nitrogens is 2. The molecule has 1 aromatic heterocycles. The van der Waals surface area contributed by atoms with Crippen molar-refractivity contribution in [3.8, 4) is 0 Å². The lowest BCUT2D eigenvalue weighted by Gasteiger charge is -2.01. The Kier molecular flexibility index (Phi) is 1.76. The maximum atomic E-state index is 5.49. The van der Waals surface area contributed by atoms with Gasteiger partial charge in [-0.05, 0) is 20.8 Å². The molecule has 1 aromatic rings. The molecule has 0 atom stereocenters. The van der Waals surface area contributed by atoms with Gasteiger partial charge >= 0.3 is 0 Å². The molecule has 0 amide bonds.